The SMILES string of the molecule is CCCCCCCCCCNc1ccn(Cc2ccc(C(C)(F)F)o2)n1.COc1cccc(-c2ocnc2C(=O)O)c1. The largest absolute Gasteiger partial charge is 0.497 e. The van der Waals surface area contributed by atoms with Crippen molar-refractivity contribution in [2.75, 3.05) is 19.0 Å². The quantitative estimate of drug-likeness (QED) is 0.126. The first-order valence-electron chi connectivity index (χ1n) is 14.3. The molecule has 0 aliphatic rings. The number of methoxy groups -OCH3 is 1. The molecule has 0 fully saturated rings. The fourth-order valence-electron chi connectivity index (χ4n) is 4.25. The molecule has 0 spiro atoms. The zero-order chi connectivity index (χ0) is 30.4. The van der Waals surface area contributed by atoms with Crippen LogP contribution in [0.3, 0.4) is 0 Å². The van der Waals surface area contributed by atoms with Crippen molar-refractivity contribution in [2.24, 2.45) is 0 Å². The summed E-state index contributed by atoms with van der Waals surface area (Å²) in [5, 5.41) is 16.6. The number of oxazole rings is 1. The van der Waals surface area contributed by atoms with E-state index in [-0.39, 0.29) is 17.2 Å². The van der Waals surface area contributed by atoms with Gasteiger partial charge in [0, 0.05) is 31.3 Å². The highest BCUT2D eigenvalue weighted by atomic mass is 19.3. The summed E-state index contributed by atoms with van der Waals surface area (Å²) in [6.07, 6.45) is 13.3. The normalized spacial score (nSPS) is 11.2. The molecule has 0 radical (unpaired) electrons. The van der Waals surface area contributed by atoms with Crippen molar-refractivity contribution in [3.63, 3.8) is 0 Å². The van der Waals surface area contributed by atoms with E-state index < -0.39 is 11.9 Å². The highest BCUT2D eigenvalue weighted by molar-refractivity contribution is 5.92. The number of unbranched alkanes of at least 4 members (excludes halogenated alkanes) is 7. The Bertz CT molecular complexity index is 1360. The lowest BCUT2D eigenvalue weighted by atomic mass is 10.1. The lowest BCUT2D eigenvalue weighted by Crippen LogP contribution is -2.05. The van der Waals surface area contributed by atoms with E-state index in [9.17, 15) is 13.6 Å². The molecule has 11 heteroatoms. The van der Waals surface area contributed by atoms with E-state index in [0.717, 1.165) is 32.1 Å². The Morgan fingerprint density at radius 1 is 1.07 bits per heavy atom. The molecule has 4 aromatic rings. The molecule has 3 aromatic heterocycles. The lowest BCUT2D eigenvalue weighted by Gasteiger charge is -2.05. The Morgan fingerprint density at radius 3 is 2.48 bits per heavy atom. The molecule has 0 amide bonds. The van der Waals surface area contributed by atoms with E-state index in [1.165, 1.54) is 58.1 Å². The van der Waals surface area contributed by atoms with Crippen LogP contribution in [-0.2, 0) is 12.5 Å². The standard InChI is InChI=1S/C20H31F2N3O.C11H9NO4/c1-3-4-5-6-7-8-9-10-14-23-19-13-15-25(24-19)16-17-11-12-18(26-17)20(2,21)22;1-15-8-4-2-3-7(5-8)10-9(11(13)14)12-6-16-10/h11-13,15H,3-10,14,16H2,1-2H3,(H,23,24);2-6H,1H3,(H,13,14). The van der Waals surface area contributed by atoms with Crippen LogP contribution in [-0.4, -0.2) is 39.5 Å². The van der Waals surface area contributed by atoms with E-state index in [1.54, 1.807) is 35.0 Å². The number of nitrogens with zero attached hydrogens (tertiary/aromatic N) is 3. The minimum Gasteiger partial charge on any atom is -0.497 e. The second-order valence-electron chi connectivity index (χ2n) is 10.0. The number of alkyl halides is 2. The second-order valence-corrected chi connectivity index (χ2v) is 10.0. The topological polar surface area (TPSA) is 116 Å². The Labute approximate surface area is 244 Å². The molecule has 3 heterocycles. The van der Waals surface area contributed by atoms with Gasteiger partial charge in [0.25, 0.3) is 0 Å². The number of aromatic carboxylic acids is 1. The van der Waals surface area contributed by atoms with Crippen molar-refractivity contribution in [3.8, 4) is 17.1 Å². The zero-order valence-electron chi connectivity index (χ0n) is 24.4. The highest BCUT2D eigenvalue weighted by Gasteiger charge is 2.28. The number of carbonyl (C=O) groups is 1. The van der Waals surface area contributed by atoms with E-state index >= 15 is 0 Å². The summed E-state index contributed by atoms with van der Waals surface area (Å²) in [5.74, 6) is -2.25. The average molecular weight is 587 g/mol. The number of hydrogen-bond donors (Lipinski definition) is 2. The summed E-state index contributed by atoms with van der Waals surface area (Å²) in [6, 6.07) is 11.7. The summed E-state index contributed by atoms with van der Waals surface area (Å²) in [7, 11) is 1.54. The Morgan fingerprint density at radius 2 is 1.81 bits per heavy atom. The monoisotopic (exact) mass is 586 g/mol. The smallest absolute Gasteiger partial charge is 0.358 e. The molecule has 0 atom stereocenters. The summed E-state index contributed by atoms with van der Waals surface area (Å²) in [6.45, 7) is 4.31. The van der Waals surface area contributed by atoms with Gasteiger partial charge in [0.15, 0.2) is 23.6 Å². The van der Waals surface area contributed by atoms with Crippen LogP contribution >= 0.6 is 0 Å². The molecule has 0 bridgehead atoms. The minimum absolute atomic E-state index is 0.103. The van der Waals surface area contributed by atoms with Gasteiger partial charge >= 0.3 is 11.9 Å². The van der Waals surface area contributed by atoms with Crippen LogP contribution in [0, 0.1) is 0 Å². The lowest BCUT2D eigenvalue weighted by molar-refractivity contribution is -0.00636. The van der Waals surface area contributed by atoms with Crippen molar-refractivity contribution in [1.82, 2.24) is 14.8 Å². The predicted octanol–water partition coefficient (Wildman–Crippen LogP) is 8.24. The summed E-state index contributed by atoms with van der Waals surface area (Å²) in [5.41, 5.74) is 0.516. The van der Waals surface area contributed by atoms with Crippen LogP contribution in [0.15, 0.2) is 63.9 Å². The Hall–Kier alpha value is -4.15. The van der Waals surface area contributed by atoms with Gasteiger partial charge in [-0.2, -0.15) is 13.9 Å². The van der Waals surface area contributed by atoms with Crippen LogP contribution in [0.2, 0.25) is 0 Å². The van der Waals surface area contributed by atoms with Crippen LogP contribution in [0.25, 0.3) is 11.3 Å². The number of carboxylic acid groups (broad SMARTS) is 1. The molecular weight excluding hydrogens is 546 g/mol. The number of halogens is 2. The van der Waals surface area contributed by atoms with Crippen LogP contribution in [0.4, 0.5) is 14.6 Å². The fraction of sp³-hybridized carbons (Fsp3) is 0.452. The number of ether oxygens (including phenoxy) is 1. The number of carboxylic acids is 1. The van der Waals surface area contributed by atoms with Gasteiger partial charge in [0.1, 0.15) is 17.3 Å². The molecule has 1 aromatic carbocycles. The van der Waals surface area contributed by atoms with Gasteiger partial charge in [-0.25, -0.2) is 9.78 Å². The van der Waals surface area contributed by atoms with Gasteiger partial charge in [-0.15, -0.1) is 0 Å². The maximum Gasteiger partial charge on any atom is 0.358 e. The number of hydrogen-bond acceptors (Lipinski definition) is 7. The maximum absolute atomic E-state index is 13.2. The summed E-state index contributed by atoms with van der Waals surface area (Å²) >= 11 is 0. The average Bonchev–Trinajstić information content (AvgIpc) is 3.74. The number of anilines is 1. The first-order valence-corrected chi connectivity index (χ1v) is 14.3. The van der Waals surface area contributed by atoms with Gasteiger partial charge in [0.2, 0.25) is 0 Å². The van der Waals surface area contributed by atoms with Gasteiger partial charge in [0.05, 0.1) is 13.7 Å². The summed E-state index contributed by atoms with van der Waals surface area (Å²) < 4.78 is 43.4. The van der Waals surface area contributed by atoms with E-state index in [2.05, 4.69) is 22.3 Å². The Balaban J connectivity index is 0.000000258. The zero-order valence-corrected chi connectivity index (χ0v) is 24.4. The molecular formula is C31H40F2N4O5. The number of rotatable bonds is 16. The van der Waals surface area contributed by atoms with Crippen molar-refractivity contribution >= 4 is 11.8 Å². The van der Waals surface area contributed by atoms with Crippen LogP contribution in [0.5, 0.6) is 5.75 Å². The van der Waals surface area contributed by atoms with Gasteiger partial charge in [-0.1, -0.05) is 64.0 Å². The number of benzene rings is 1. The third kappa shape index (κ3) is 10.4. The van der Waals surface area contributed by atoms with Gasteiger partial charge in [-0.3, -0.25) is 4.68 Å². The van der Waals surface area contributed by atoms with Gasteiger partial charge in [-0.05, 0) is 30.7 Å². The van der Waals surface area contributed by atoms with Crippen molar-refractivity contribution in [1.29, 1.82) is 0 Å². The van der Waals surface area contributed by atoms with Gasteiger partial charge < -0.3 is 24.0 Å². The molecule has 0 aliphatic heterocycles. The molecule has 2 N–H and O–H groups in total. The number of nitrogens with one attached hydrogen (secondary N) is 1. The number of aromatic nitrogens is 3. The molecule has 4 rings (SSSR count). The van der Waals surface area contributed by atoms with Crippen molar-refractivity contribution in [2.45, 2.75) is 77.7 Å². The van der Waals surface area contributed by atoms with Crippen molar-refractivity contribution in [3.05, 3.63) is 72.3 Å². The third-order valence-corrected chi connectivity index (χ3v) is 6.49. The molecule has 0 saturated carbocycles. The molecule has 228 valence electrons. The van der Waals surface area contributed by atoms with E-state index in [0.29, 0.717) is 23.6 Å². The predicted molar refractivity (Wildman–Crippen MR) is 156 cm³/mol. The third-order valence-electron chi connectivity index (χ3n) is 6.49. The maximum atomic E-state index is 13.2. The van der Waals surface area contributed by atoms with Crippen LogP contribution in [0.1, 0.15) is 87.2 Å². The van der Waals surface area contributed by atoms with E-state index in [4.69, 9.17) is 18.7 Å². The molecule has 0 aliphatic carbocycles. The number of furan rings is 1. The van der Waals surface area contributed by atoms with E-state index in [1.807, 2.05) is 12.3 Å². The highest BCUT2D eigenvalue weighted by Crippen LogP contribution is 2.29. The molecule has 9 nitrogen and oxygen atoms in total. The second kappa shape index (κ2) is 16.3. The minimum atomic E-state index is -2.95. The molecule has 42 heavy (non-hydrogen) atoms. The first-order chi connectivity index (χ1) is 20.2. The molecule has 0 saturated heterocycles. The molecule has 0 unspecified atom stereocenters. The first kappa shape index (κ1) is 32.4. The van der Waals surface area contributed by atoms with Crippen molar-refractivity contribution < 1.29 is 32.3 Å². The summed E-state index contributed by atoms with van der Waals surface area (Å²) in [4.78, 5) is 14.5. The fourth-order valence-corrected chi connectivity index (χ4v) is 4.25. The van der Waals surface area contributed by atoms with Crippen LogP contribution < -0.4 is 10.1 Å². The Kier molecular flexibility index (Phi) is 12.6.